The predicted molar refractivity (Wildman–Crippen MR) is 97.5 cm³/mol. The first-order valence-corrected chi connectivity index (χ1v) is 10.4. The number of rotatable bonds is 4. The summed E-state index contributed by atoms with van der Waals surface area (Å²) in [5.41, 5.74) is -0.940. The van der Waals surface area contributed by atoms with Gasteiger partial charge in [-0.3, -0.25) is 0 Å². The van der Waals surface area contributed by atoms with Crippen molar-refractivity contribution in [3.8, 4) is 0 Å². The molecule has 0 amide bonds. The van der Waals surface area contributed by atoms with Gasteiger partial charge >= 0.3 is 11.8 Å². The van der Waals surface area contributed by atoms with E-state index in [1.165, 1.54) is 44.6 Å². The first-order chi connectivity index (χ1) is 12.2. The van der Waals surface area contributed by atoms with E-state index < -0.39 is 23.0 Å². The summed E-state index contributed by atoms with van der Waals surface area (Å²) in [4.78, 5) is 0. The van der Waals surface area contributed by atoms with Crippen molar-refractivity contribution in [2.75, 3.05) is 0 Å². The quantitative estimate of drug-likeness (QED) is 0.447. The zero-order chi connectivity index (χ0) is 18.9. The summed E-state index contributed by atoms with van der Waals surface area (Å²) in [6.07, 6.45) is 13.0. The number of halogens is 4. The van der Waals surface area contributed by atoms with Crippen molar-refractivity contribution in [1.29, 1.82) is 0 Å². The van der Waals surface area contributed by atoms with E-state index in [4.69, 9.17) is 0 Å². The summed E-state index contributed by atoms with van der Waals surface area (Å²) < 4.78 is 55.9. The molecule has 3 rings (SSSR count). The monoisotopic (exact) mass is 372 g/mol. The lowest BCUT2D eigenvalue weighted by Crippen LogP contribution is -2.44. The Hall–Kier alpha value is -0.800. The molecule has 0 aliphatic heterocycles. The Balaban J connectivity index is 1.48. The summed E-state index contributed by atoms with van der Waals surface area (Å²) >= 11 is 0. The van der Waals surface area contributed by atoms with Crippen LogP contribution in [0.1, 0.15) is 78.1 Å². The molecule has 3 aliphatic rings. The van der Waals surface area contributed by atoms with Crippen LogP contribution in [0.5, 0.6) is 0 Å². The van der Waals surface area contributed by atoms with Crippen LogP contribution in [-0.2, 0) is 0 Å². The van der Waals surface area contributed by atoms with E-state index in [-0.39, 0.29) is 6.42 Å². The van der Waals surface area contributed by atoms with Gasteiger partial charge in [0.25, 0.3) is 0 Å². The molecule has 0 spiro atoms. The number of alkyl halides is 4. The smallest absolute Gasteiger partial charge is 0.194 e. The Morgan fingerprint density at radius 1 is 0.808 bits per heavy atom. The van der Waals surface area contributed by atoms with E-state index in [1.54, 1.807) is 0 Å². The van der Waals surface area contributed by atoms with Crippen LogP contribution in [0.15, 0.2) is 23.3 Å². The van der Waals surface area contributed by atoms with E-state index >= 15 is 0 Å². The maximum atomic E-state index is 14.1. The standard InChI is InChI=1S/C22H32F4/c1-15-3-9-18(10-4-15)19-11-6-17(7-12-19)8-14-20-13-5-16(2)21(23,24)22(20,25)26/h5,13,15,17-19H,3-4,6-12,14H2,1-2H3. The molecule has 4 heteroatoms. The second-order valence-electron chi connectivity index (χ2n) is 9.03. The number of hydrogen-bond acceptors (Lipinski definition) is 0. The highest BCUT2D eigenvalue weighted by Gasteiger charge is 2.60. The minimum Gasteiger partial charge on any atom is -0.194 e. The highest BCUT2D eigenvalue weighted by Crippen LogP contribution is 2.49. The molecule has 0 nitrogen and oxygen atoms in total. The molecule has 0 unspecified atom stereocenters. The van der Waals surface area contributed by atoms with Gasteiger partial charge in [0, 0.05) is 11.1 Å². The van der Waals surface area contributed by atoms with E-state index in [1.807, 2.05) is 0 Å². The van der Waals surface area contributed by atoms with Crippen molar-refractivity contribution in [1.82, 2.24) is 0 Å². The van der Waals surface area contributed by atoms with Crippen molar-refractivity contribution in [2.45, 2.75) is 89.9 Å². The Bertz CT molecular complexity index is 544. The molecule has 0 atom stereocenters. The molecular weight excluding hydrogens is 340 g/mol. The maximum Gasteiger partial charge on any atom is 0.335 e. The van der Waals surface area contributed by atoms with Crippen molar-refractivity contribution in [3.05, 3.63) is 23.3 Å². The van der Waals surface area contributed by atoms with Crippen LogP contribution in [0.4, 0.5) is 17.6 Å². The highest BCUT2D eigenvalue weighted by atomic mass is 19.3. The Kier molecular flexibility index (Phi) is 5.89. The molecule has 0 saturated heterocycles. The predicted octanol–water partition coefficient (Wildman–Crippen LogP) is 7.56. The molecule has 0 radical (unpaired) electrons. The molecule has 3 aliphatic carbocycles. The van der Waals surface area contributed by atoms with Crippen LogP contribution in [0.25, 0.3) is 0 Å². The van der Waals surface area contributed by atoms with Crippen LogP contribution in [0.2, 0.25) is 0 Å². The van der Waals surface area contributed by atoms with E-state index in [9.17, 15) is 17.6 Å². The van der Waals surface area contributed by atoms with Gasteiger partial charge in [0.15, 0.2) is 0 Å². The molecule has 26 heavy (non-hydrogen) atoms. The summed E-state index contributed by atoms with van der Waals surface area (Å²) in [6, 6.07) is 0. The van der Waals surface area contributed by atoms with Crippen molar-refractivity contribution in [2.24, 2.45) is 23.7 Å². The van der Waals surface area contributed by atoms with Gasteiger partial charge in [-0.15, -0.1) is 0 Å². The number of hydrogen-bond donors (Lipinski definition) is 0. The van der Waals surface area contributed by atoms with Gasteiger partial charge in [0.1, 0.15) is 0 Å². The van der Waals surface area contributed by atoms with Gasteiger partial charge in [0.05, 0.1) is 0 Å². The van der Waals surface area contributed by atoms with Crippen LogP contribution >= 0.6 is 0 Å². The Morgan fingerprint density at radius 2 is 1.35 bits per heavy atom. The number of allylic oxidation sites excluding steroid dienone is 4. The lowest BCUT2D eigenvalue weighted by molar-refractivity contribution is -0.164. The first kappa shape index (κ1) is 19.9. The summed E-state index contributed by atoms with van der Waals surface area (Å²) in [5, 5.41) is 0. The molecule has 148 valence electrons. The van der Waals surface area contributed by atoms with Crippen molar-refractivity contribution >= 4 is 0 Å². The fraction of sp³-hybridized carbons (Fsp3) is 0.818. The molecule has 2 saturated carbocycles. The SMILES string of the molecule is CC1=CC=C(CCC2CCC(C3CCC(C)CC3)CC2)C(F)(F)C1(F)F. The Labute approximate surface area is 155 Å². The summed E-state index contributed by atoms with van der Waals surface area (Å²) in [5.74, 6) is -5.17. The second kappa shape index (κ2) is 7.67. The second-order valence-corrected chi connectivity index (χ2v) is 9.03. The normalized spacial score (nSPS) is 37.0. The van der Waals surface area contributed by atoms with Gasteiger partial charge in [-0.2, -0.15) is 17.6 Å². The third-order valence-electron chi connectivity index (χ3n) is 7.27. The van der Waals surface area contributed by atoms with Gasteiger partial charge in [0.2, 0.25) is 0 Å². The third kappa shape index (κ3) is 3.89. The van der Waals surface area contributed by atoms with E-state index in [0.717, 1.165) is 43.6 Å². The van der Waals surface area contributed by atoms with Crippen LogP contribution in [0.3, 0.4) is 0 Å². The minimum atomic E-state index is -4.05. The Morgan fingerprint density at radius 3 is 1.92 bits per heavy atom. The molecular formula is C22H32F4. The van der Waals surface area contributed by atoms with Crippen LogP contribution in [-0.4, -0.2) is 11.8 Å². The minimum absolute atomic E-state index is 0.0860. The van der Waals surface area contributed by atoms with Gasteiger partial charge in [-0.25, -0.2) is 0 Å². The topological polar surface area (TPSA) is 0 Å². The largest absolute Gasteiger partial charge is 0.335 e. The van der Waals surface area contributed by atoms with Crippen LogP contribution in [0, 0.1) is 23.7 Å². The maximum absolute atomic E-state index is 14.1. The first-order valence-electron chi connectivity index (χ1n) is 10.4. The fourth-order valence-corrected chi connectivity index (χ4v) is 5.19. The average molecular weight is 372 g/mol. The molecule has 0 aromatic carbocycles. The van der Waals surface area contributed by atoms with Gasteiger partial charge in [-0.1, -0.05) is 44.8 Å². The lowest BCUT2D eigenvalue weighted by Gasteiger charge is -2.38. The molecule has 0 N–H and O–H groups in total. The van der Waals surface area contributed by atoms with Crippen LogP contribution < -0.4 is 0 Å². The molecule has 0 heterocycles. The summed E-state index contributed by atoms with van der Waals surface area (Å²) in [7, 11) is 0. The molecule has 0 aromatic rings. The average Bonchev–Trinajstić information content (AvgIpc) is 2.61. The van der Waals surface area contributed by atoms with Crippen molar-refractivity contribution in [3.63, 3.8) is 0 Å². The van der Waals surface area contributed by atoms with Gasteiger partial charge < -0.3 is 0 Å². The molecule has 0 aromatic heterocycles. The summed E-state index contributed by atoms with van der Waals surface area (Å²) in [6.45, 7) is 3.41. The lowest BCUT2D eigenvalue weighted by atomic mass is 9.69. The van der Waals surface area contributed by atoms with Crippen molar-refractivity contribution < 1.29 is 17.6 Å². The van der Waals surface area contributed by atoms with E-state index in [2.05, 4.69) is 6.92 Å². The fourth-order valence-electron chi connectivity index (χ4n) is 5.19. The van der Waals surface area contributed by atoms with Gasteiger partial charge in [-0.05, 0) is 69.1 Å². The zero-order valence-corrected chi connectivity index (χ0v) is 16.0. The molecule has 0 bridgehead atoms. The molecule has 2 fully saturated rings. The highest BCUT2D eigenvalue weighted by molar-refractivity contribution is 5.36. The van der Waals surface area contributed by atoms with E-state index in [0.29, 0.717) is 12.3 Å². The zero-order valence-electron chi connectivity index (χ0n) is 16.0. The third-order valence-corrected chi connectivity index (χ3v) is 7.27.